The van der Waals surface area contributed by atoms with E-state index in [0.717, 1.165) is 6.42 Å². The van der Waals surface area contributed by atoms with Gasteiger partial charge in [-0.2, -0.15) is 5.10 Å². The van der Waals surface area contributed by atoms with Crippen LogP contribution in [0, 0.1) is 17.0 Å². The van der Waals surface area contributed by atoms with Crippen LogP contribution in [0.4, 0.5) is 11.5 Å². The van der Waals surface area contributed by atoms with Crippen LogP contribution in [0.2, 0.25) is 0 Å². The number of aryl methyl sites for hydroxylation is 2. The highest BCUT2D eigenvalue weighted by molar-refractivity contribution is 5.68. The van der Waals surface area contributed by atoms with Crippen molar-refractivity contribution in [1.82, 2.24) is 9.78 Å². The number of nitrogens with zero attached hydrogens (tertiary/aromatic N) is 4. The first kappa shape index (κ1) is 14.9. The minimum absolute atomic E-state index is 0.0543. The van der Waals surface area contributed by atoms with Crippen molar-refractivity contribution in [2.75, 3.05) is 18.5 Å². The molecule has 0 unspecified atom stereocenters. The Labute approximate surface area is 110 Å². The van der Waals surface area contributed by atoms with Gasteiger partial charge in [-0.3, -0.25) is 14.9 Å². The highest BCUT2D eigenvalue weighted by Gasteiger charge is 2.27. The molecular formula is C11H18N4O4. The van der Waals surface area contributed by atoms with Gasteiger partial charge in [-0.15, -0.1) is 0 Å². The summed E-state index contributed by atoms with van der Waals surface area (Å²) in [6.45, 7) is 4.29. The molecule has 8 heteroatoms. The van der Waals surface area contributed by atoms with Gasteiger partial charge in [0.2, 0.25) is 5.82 Å². The Kier molecular flexibility index (Phi) is 4.85. The van der Waals surface area contributed by atoms with Gasteiger partial charge in [-0.05, 0) is 13.3 Å². The fraction of sp³-hybridized carbons (Fsp3) is 0.636. The van der Waals surface area contributed by atoms with Crippen molar-refractivity contribution in [2.45, 2.75) is 33.2 Å². The predicted octanol–water partition coefficient (Wildman–Crippen LogP) is 1.42. The Morgan fingerprint density at radius 1 is 1.58 bits per heavy atom. The van der Waals surface area contributed by atoms with Gasteiger partial charge >= 0.3 is 11.7 Å². The van der Waals surface area contributed by atoms with Gasteiger partial charge in [0.05, 0.1) is 11.3 Å². The number of carbonyl (C=O) groups is 1. The van der Waals surface area contributed by atoms with Crippen LogP contribution in [0.5, 0.6) is 0 Å². The predicted molar refractivity (Wildman–Crippen MR) is 69.4 cm³/mol. The minimum atomic E-state index is -0.937. The van der Waals surface area contributed by atoms with Gasteiger partial charge in [0.1, 0.15) is 5.69 Å². The summed E-state index contributed by atoms with van der Waals surface area (Å²) < 4.78 is 1.56. The molecule has 1 heterocycles. The summed E-state index contributed by atoms with van der Waals surface area (Å²) in [7, 11) is 1.64. The average Bonchev–Trinajstić information content (AvgIpc) is 2.63. The lowest BCUT2D eigenvalue weighted by Crippen LogP contribution is -2.24. The molecule has 19 heavy (non-hydrogen) atoms. The highest BCUT2D eigenvalue weighted by atomic mass is 16.6. The van der Waals surface area contributed by atoms with E-state index in [1.54, 1.807) is 23.6 Å². The van der Waals surface area contributed by atoms with Crippen molar-refractivity contribution in [1.29, 1.82) is 0 Å². The molecule has 0 atom stereocenters. The first-order chi connectivity index (χ1) is 8.88. The normalized spacial score (nSPS) is 10.5. The maximum Gasteiger partial charge on any atom is 0.333 e. The molecule has 1 N–H and O–H groups in total. The first-order valence-corrected chi connectivity index (χ1v) is 6.03. The minimum Gasteiger partial charge on any atom is -0.481 e. The fourth-order valence-corrected chi connectivity index (χ4v) is 1.89. The van der Waals surface area contributed by atoms with Crippen LogP contribution < -0.4 is 4.90 Å². The monoisotopic (exact) mass is 270 g/mol. The summed E-state index contributed by atoms with van der Waals surface area (Å²) >= 11 is 0. The number of carboxylic acids is 1. The second-order valence-electron chi connectivity index (χ2n) is 4.30. The lowest BCUT2D eigenvalue weighted by molar-refractivity contribution is -0.384. The van der Waals surface area contributed by atoms with Crippen LogP contribution in [0.25, 0.3) is 0 Å². The van der Waals surface area contributed by atoms with E-state index >= 15 is 0 Å². The second kappa shape index (κ2) is 6.17. The summed E-state index contributed by atoms with van der Waals surface area (Å²) in [5.74, 6) is -0.571. The number of aromatic nitrogens is 2. The standard InChI is InChI=1S/C11H18N4O4/c1-4-6-14-11(13(3)7-5-9(16)17)10(15(18)19)8(2)12-14/h4-7H2,1-3H3,(H,16,17). The van der Waals surface area contributed by atoms with Gasteiger partial charge in [0.25, 0.3) is 0 Å². The number of aliphatic carboxylic acids is 1. The van der Waals surface area contributed by atoms with Gasteiger partial charge in [-0.1, -0.05) is 6.92 Å². The molecule has 0 radical (unpaired) electrons. The zero-order valence-electron chi connectivity index (χ0n) is 11.3. The van der Waals surface area contributed by atoms with Crippen LogP contribution in [-0.4, -0.2) is 39.4 Å². The molecule has 0 aliphatic rings. The van der Waals surface area contributed by atoms with Crippen molar-refractivity contribution in [3.05, 3.63) is 15.8 Å². The number of carboxylic acid groups (broad SMARTS) is 1. The zero-order valence-corrected chi connectivity index (χ0v) is 11.3. The average molecular weight is 270 g/mol. The molecule has 0 fully saturated rings. The smallest absolute Gasteiger partial charge is 0.333 e. The maximum absolute atomic E-state index is 11.1. The van der Waals surface area contributed by atoms with Crippen LogP contribution in [0.3, 0.4) is 0 Å². The first-order valence-electron chi connectivity index (χ1n) is 6.03. The molecule has 1 rings (SSSR count). The third-order valence-corrected chi connectivity index (χ3v) is 2.71. The van der Waals surface area contributed by atoms with Crippen molar-refractivity contribution < 1.29 is 14.8 Å². The third-order valence-electron chi connectivity index (χ3n) is 2.71. The van der Waals surface area contributed by atoms with E-state index in [1.807, 2.05) is 6.92 Å². The van der Waals surface area contributed by atoms with Crippen molar-refractivity contribution in [2.24, 2.45) is 0 Å². The highest BCUT2D eigenvalue weighted by Crippen LogP contribution is 2.31. The molecule has 0 aliphatic heterocycles. The molecular weight excluding hydrogens is 252 g/mol. The van der Waals surface area contributed by atoms with E-state index in [-0.39, 0.29) is 18.7 Å². The molecule has 0 aliphatic carbocycles. The molecule has 1 aromatic heterocycles. The zero-order chi connectivity index (χ0) is 14.6. The number of hydrogen-bond donors (Lipinski definition) is 1. The van der Waals surface area contributed by atoms with Gasteiger partial charge < -0.3 is 10.0 Å². The van der Waals surface area contributed by atoms with E-state index in [1.165, 1.54) is 0 Å². The van der Waals surface area contributed by atoms with Crippen LogP contribution in [0.1, 0.15) is 25.5 Å². The number of anilines is 1. The van der Waals surface area contributed by atoms with Crippen molar-refractivity contribution in [3.8, 4) is 0 Å². The summed E-state index contributed by atoms with van der Waals surface area (Å²) in [6, 6.07) is 0. The lowest BCUT2D eigenvalue weighted by atomic mass is 10.3. The Morgan fingerprint density at radius 2 is 2.21 bits per heavy atom. The summed E-state index contributed by atoms with van der Waals surface area (Å²) in [6.07, 6.45) is 0.710. The van der Waals surface area contributed by atoms with E-state index in [4.69, 9.17) is 5.11 Å². The van der Waals surface area contributed by atoms with Crippen LogP contribution in [-0.2, 0) is 11.3 Å². The maximum atomic E-state index is 11.1. The number of nitro groups is 1. The molecule has 0 aromatic carbocycles. The van der Waals surface area contributed by atoms with Gasteiger partial charge in [-0.25, -0.2) is 4.68 Å². The Bertz CT molecular complexity index is 483. The van der Waals surface area contributed by atoms with Crippen LogP contribution >= 0.6 is 0 Å². The van der Waals surface area contributed by atoms with E-state index in [9.17, 15) is 14.9 Å². The number of rotatable bonds is 7. The largest absolute Gasteiger partial charge is 0.481 e. The third kappa shape index (κ3) is 3.43. The molecule has 0 saturated carbocycles. The van der Waals surface area contributed by atoms with Gasteiger partial charge in [0.15, 0.2) is 0 Å². The molecule has 0 saturated heterocycles. The van der Waals surface area contributed by atoms with E-state index in [0.29, 0.717) is 18.1 Å². The molecule has 1 aromatic rings. The topological polar surface area (TPSA) is 101 Å². The Balaban J connectivity index is 3.13. The fourth-order valence-electron chi connectivity index (χ4n) is 1.89. The second-order valence-corrected chi connectivity index (χ2v) is 4.30. The lowest BCUT2D eigenvalue weighted by Gasteiger charge is -2.18. The molecule has 0 amide bonds. The molecule has 0 bridgehead atoms. The Morgan fingerprint density at radius 3 is 2.68 bits per heavy atom. The summed E-state index contributed by atoms with van der Waals surface area (Å²) in [5, 5.41) is 24.0. The van der Waals surface area contributed by atoms with E-state index in [2.05, 4.69) is 5.10 Å². The number of hydrogen-bond acceptors (Lipinski definition) is 5. The van der Waals surface area contributed by atoms with E-state index < -0.39 is 10.9 Å². The molecule has 106 valence electrons. The van der Waals surface area contributed by atoms with Crippen molar-refractivity contribution in [3.63, 3.8) is 0 Å². The van der Waals surface area contributed by atoms with Crippen molar-refractivity contribution >= 4 is 17.5 Å². The quantitative estimate of drug-likeness (QED) is 0.594. The summed E-state index contributed by atoms with van der Waals surface area (Å²) in [4.78, 5) is 22.8. The SMILES string of the molecule is CCCn1nc(C)c([N+](=O)[O-])c1N(C)CCC(=O)O. The van der Waals surface area contributed by atoms with Gasteiger partial charge in [0, 0.05) is 20.1 Å². The van der Waals surface area contributed by atoms with Crippen LogP contribution in [0.15, 0.2) is 0 Å². The molecule has 8 nitrogen and oxygen atoms in total. The summed E-state index contributed by atoms with van der Waals surface area (Å²) in [5.41, 5.74) is 0.289. The molecule has 0 spiro atoms. The Hall–Kier alpha value is -2.12.